The van der Waals surface area contributed by atoms with Gasteiger partial charge in [-0.05, 0) is 12.5 Å². The van der Waals surface area contributed by atoms with Crippen LogP contribution < -0.4 is 0 Å². The highest BCUT2D eigenvalue weighted by atomic mass is 32.2. The van der Waals surface area contributed by atoms with E-state index in [1.165, 1.54) is 0 Å². The third-order valence-corrected chi connectivity index (χ3v) is 3.09. The molecule has 0 radical (unpaired) electrons. The minimum Gasteiger partial charge on any atom is -0.294 e. The van der Waals surface area contributed by atoms with Crippen LogP contribution in [0, 0.1) is 6.92 Å². The Balaban J connectivity index is 2.75. The molecule has 0 spiro atoms. The van der Waals surface area contributed by atoms with Crippen molar-refractivity contribution in [2.24, 2.45) is 0 Å². The summed E-state index contributed by atoms with van der Waals surface area (Å²) < 4.78 is 21.8. The van der Waals surface area contributed by atoms with Gasteiger partial charge in [0.05, 0.1) is 5.75 Å². The summed E-state index contributed by atoms with van der Waals surface area (Å²) in [6, 6.07) is 7.19. The van der Waals surface area contributed by atoms with Crippen LogP contribution in [0.5, 0.6) is 0 Å². The van der Waals surface area contributed by atoms with Gasteiger partial charge in [0.25, 0.3) is 0 Å². The predicted molar refractivity (Wildman–Crippen MR) is 59.8 cm³/mol. The molecule has 0 aliphatic carbocycles. The van der Waals surface area contributed by atoms with Crippen molar-refractivity contribution < 1.29 is 13.2 Å². The van der Waals surface area contributed by atoms with Crippen LogP contribution in [0.4, 0.5) is 0 Å². The molecule has 0 heterocycles. The van der Waals surface area contributed by atoms with Crippen LogP contribution in [-0.2, 0) is 9.84 Å². The molecular formula is C11H14O3S. The Kier molecular flexibility index (Phi) is 3.63. The Labute approximate surface area is 90.0 Å². The normalized spacial score (nSPS) is 11.3. The molecule has 0 aromatic heterocycles. The van der Waals surface area contributed by atoms with Gasteiger partial charge in [-0.3, -0.25) is 4.79 Å². The lowest BCUT2D eigenvalue weighted by molar-refractivity contribution is 0.0988. The van der Waals surface area contributed by atoms with Crippen molar-refractivity contribution in [2.75, 3.05) is 12.0 Å². The Morgan fingerprint density at radius 2 is 1.87 bits per heavy atom. The topological polar surface area (TPSA) is 51.2 Å². The number of aryl methyl sites for hydroxylation is 1. The lowest BCUT2D eigenvalue weighted by Crippen LogP contribution is -2.10. The maximum Gasteiger partial charge on any atom is 0.164 e. The number of rotatable bonds is 4. The van der Waals surface area contributed by atoms with E-state index in [9.17, 15) is 13.2 Å². The summed E-state index contributed by atoms with van der Waals surface area (Å²) in [7, 11) is -3.06. The zero-order chi connectivity index (χ0) is 11.5. The number of ketones is 1. The molecule has 0 fully saturated rings. The van der Waals surface area contributed by atoms with Gasteiger partial charge in [-0.15, -0.1) is 0 Å². The van der Waals surface area contributed by atoms with E-state index >= 15 is 0 Å². The highest BCUT2D eigenvalue weighted by molar-refractivity contribution is 7.90. The molecular weight excluding hydrogens is 212 g/mol. The molecule has 0 aliphatic rings. The molecule has 0 N–H and O–H groups in total. The largest absolute Gasteiger partial charge is 0.294 e. The second-order valence-electron chi connectivity index (χ2n) is 3.62. The van der Waals surface area contributed by atoms with Gasteiger partial charge in [0, 0.05) is 18.2 Å². The van der Waals surface area contributed by atoms with Gasteiger partial charge in [0.1, 0.15) is 9.84 Å². The van der Waals surface area contributed by atoms with Crippen molar-refractivity contribution in [1.29, 1.82) is 0 Å². The van der Waals surface area contributed by atoms with Crippen LogP contribution in [0.25, 0.3) is 0 Å². The molecule has 3 nitrogen and oxygen atoms in total. The van der Waals surface area contributed by atoms with Crippen LogP contribution in [0.1, 0.15) is 22.3 Å². The van der Waals surface area contributed by atoms with Gasteiger partial charge >= 0.3 is 0 Å². The predicted octanol–water partition coefficient (Wildman–Crippen LogP) is 1.61. The van der Waals surface area contributed by atoms with Crippen LogP contribution in [0.3, 0.4) is 0 Å². The summed E-state index contributed by atoms with van der Waals surface area (Å²) in [6.07, 6.45) is 1.20. The van der Waals surface area contributed by atoms with E-state index in [2.05, 4.69) is 0 Å². The number of carbonyl (C=O) groups excluding carboxylic acids is 1. The minimum absolute atomic E-state index is 0.0592. The number of hydrogen-bond donors (Lipinski definition) is 0. The first kappa shape index (κ1) is 11.9. The zero-order valence-electron chi connectivity index (χ0n) is 8.86. The number of benzene rings is 1. The monoisotopic (exact) mass is 226 g/mol. The highest BCUT2D eigenvalue weighted by Crippen LogP contribution is 2.10. The molecule has 0 saturated carbocycles. The van der Waals surface area contributed by atoms with Crippen molar-refractivity contribution in [2.45, 2.75) is 13.3 Å². The molecule has 0 atom stereocenters. The van der Waals surface area contributed by atoms with Crippen LogP contribution >= 0.6 is 0 Å². The molecule has 0 saturated heterocycles. The molecule has 0 aliphatic heterocycles. The summed E-state index contributed by atoms with van der Waals surface area (Å²) in [5, 5.41) is 0. The first-order valence-electron chi connectivity index (χ1n) is 4.67. The van der Waals surface area contributed by atoms with Crippen LogP contribution in [0.2, 0.25) is 0 Å². The quantitative estimate of drug-likeness (QED) is 0.733. The fourth-order valence-corrected chi connectivity index (χ4v) is 1.85. The third-order valence-electron chi connectivity index (χ3n) is 2.15. The van der Waals surface area contributed by atoms with Gasteiger partial charge in [-0.25, -0.2) is 8.42 Å². The third kappa shape index (κ3) is 3.83. The van der Waals surface area contributed by atoms with E-state index in [-0.39, 0.29) is 18.0 Å². The number of sulfone groups is 1. The lowest BCUT2D eigenvalue weighted by Gasteiger charge is -2.03. The van der Waals surface area contributed by atoms with Crippen molar-refractivity contribution >= 4 is 15.6 Å². The molecule has 0 amide bonds. The van der Waals surface area contributed by atoms with E-state index < -0.39 is 9.84 Å². The van der Waals surface area contributed by atoms with Gasteiger partial charge in [0.2, 0.25) is 0 Å². The number of Topliss-reactive ketones (excluding diaryl/α,β-unsaturated/α-hetero) is 1. The standard InChI is InChI=1S/C11H14O3S/c1-9-5-3-4-6-10(9)11(12)7-8-15(2,13)14/h3-6H,7-8H2,1-2H3. The number of hydrogen-bond acceptors (Lipinski definition) is 3. The molecule has 1 aromatic rings. The smallest absolute Gasteiger partial charge is 0.164 e. The fraction of sp³-hybridized carbons (Fsp3) is 0.364. The second-order valence-corrected chi connectivity index (χ2v) is 5.88. The fourth-order valence-electron chi connectivity index (χ4n) is 1.30. The Morgan fingerprint density at radius 1 is 1.27 bits per heavy atom. The highest BCUT2D eigenvalue weighted by Gasteiger charge is 2.11. The van der Waals surface area contributed by atoms with E-state index in [0.717, 1.165) is 11.8 Å². The summed E-state index contributed by atoms with van der Waals surface area (Å²) in [5.74, 6) is -0.196. The first-order valence-corrected chi connectivity index (χ1v) is 6.73. The average molecular weight is 226 g/mol. The Morgan fingerprint density at radius 3 is 2.40 bits per heavy atom. The summed E-state index contributed by atoms with van der Waals surface area (Å²) in [4.78, 5) is 11.6. The van der Waals surface area contributed by atoms with Crippen molar-refractivity contribution in [3.05, 3.63) is 35.4 Å². The van der Waals surface area contributed by atoms with E-state index in [4.69, 9.17) is 0 Å². The molecule has 0 bridgehead atoms. The summed E-state index contributed by atoms with van der Waals surface area (Å²) in [6.45, 7) is 1.84. The average Bonchev–Trinajstić information content (AvgIpc) is 2.14. The molecule has 82 valence electrons. The van der Waals surface area contributed by atoms with Crippen molar-refractivity contribution in [1.82, 2.24) is 0 Å². The first-order chi connectivity index (χ1) is 6.90. The molecule has 1 rings (SSSR count). The zero-order valence-corrected chi connectivity index (χ0v) is 9.67. The van der Waals surface area contributed by atoms with Gasteiger partial charge < -0.3 is 0 Å². The Bertz CT molecular complexity index is 460. The maximum absolute atomic E-state index is 11.6. The summed E-state index contributed by atoms with van der Waals surface area (Å²) >= 11 is 0. The van der Waals surface area contributed by atoms with E-state index in [1.807, 2.05) is 19.1 Å². The van der Waals surface area contributed by atoms with Crippen LogP contribution in [0.15, 0.2) is 24.3 Å². The van der Waals surface area contributed by atoms with Gasteiger partial charge in [0.15, 0.2) is 5.78 Å². The SMILES string of the molecule is Cc1ccccc1C(=O)CCS(C)(=O)=O. The van der Waals surface area contributed by atoms with Crippen molar-refractivity contribution in [3.8, 4) is 0 Å². The maximum atomic E-state index is 11.6. The van der Waals surface area contributed by atoms with Gasteiger partial charge in [-0.2, -0.15) is 0 Å². The van der Waals surface area contributed by atoms with Gasteiger partial charge in [-0.1, -0.05) is 24.3 Å². The van der Waals surface area contributed by atoms with Crippen molar-refractivity contribution in [3.63, 3.8) is 0 Å². The van der Waals surface area contributed by atoms with E-state index in [1.54, 1.807) is 12.1 Å². The molecule has 15 heavy (non-hydrogen) atoms. The van der Waals surface area contributed by atoms with Crippen LogP contribution in [-0.4, -0.2) is 26.2 Å². The summed E-state index contributed by atoms with van der Waals surface area (Å²) in [5.41, 5.74) is 1.50. The Hall–Kier alpha value is -1.16. The molecule has 4 heteroatoms. The van der Waals surface area contributed by atoms with E-state index in [0.29, 0.717) is 5.56 Å². The second kappa shape index (κ2) is 4.57. The molecule has 1 aromatic carbocycles. The molecule has 0 unspecified atom stereocenters. The lowest BCUT2D eigenvalue weighted by atomic mass is 10.0. The number of carbonyl (C=O) groups is 1. The minimum atomic E-state index is -3.06.